The summed E-state index contributed by atoms with van der Waals surface area (Å²) in [4.78, 5) is 1.32. The molecular weight excluding hydrogens is 235 g/mol. The predicted octanol–water partition coefficient (Wildman–Crippen LogP) is 3.43. The number of nitrogen functional groups attached to an aromatic ring is 1. The van der Waals surface area contributed by atoms with Gasteiger partial charge in [0.25, 0.3) is 0 Å². The Labute approximate surface area is 103 Å². The van der Waals surface area contributed by atoms with Gasteiger partial charge in [-0.3, -0.25) is 0 Å². The van der Waals surface area contributed by atoms with Gasteiger partial charge in [0.15, 0.2) is 0 Å². The van der Waals surface area contributed by atoms with Crippen molar-refractivity contribution in [2.75, 3.05) is 5.73 Å². The predicted molar refractivity (Wildman–Crippen MR) is 66.1 cm³/mol. The summed E-state index contributed by atoms with van der Waals surface area (Å²) in [5.41, 5.74) is 6.46. The van der Waals surface area contributed by atoms with E-state index in [1.807, 2.05) is 6.07 Å². The zero-order chi connectivity index (χ0) is 12.3. The molecule has 2 N–H and O–H groups in total. The van der Waals surface area contributed by atoms with Crippen molar-refractivity contribution in [1.82, 2.24) is 0 Å². The van der Waals surface area contributed by atoms with Crippen LogP contribution in [0.3, 0.4) is 0 Å². The second-order valence-corrected chi connectivity index (χ2v) is 4.51. The van der Waals surface area contributed by atoms with E-state index in [1.54, 1.807) is 36.4 Å². The molecule has 0 heterocycles. The Morgan fingerprint density at radius 2 is 1.94 bits per heavy atom. The molecule has 0 aliphatic heterocycles. The molecule has 17 heavy (non-hydrogen) atoms. The van der Waals surface area contributed by atoms with Crippen molar-refractivity contribution in [3.8, 4) is 6.07 Å². The van der Waals surface area contributed by atoms with Crippen LogP contribution in [0.2, 0.25) is 0 Å². The number of nitrogens with zero attached hydrogens (tertiary/aromatic N) is 1. The van der Waals surface area contributed by atoms with Gasteiger partial charge in [0, 0.05) is 15.5 Å². The summed E-state index contributed by atoms with van der Waals surface area (Å²) >= 11 is 1.27. The van der Waals surface area contributed by atoms with Crippen LogP contribution in [0.1, 0.15) is 5.56 Å². The number of halogens is 1. The van der Waals surface area contributed by atoms with Crippen LogP contribution in [-0.4, -0.2) is 0 Å². The highest BCUT2D eigenvalue weighted by molar-refractivity contribution is 7.99. The zero-order valence-electron chi connectivity index (χ0n) is 8.85. The fourth-order valence-corrected chi connectivity index (χ4v) is 2.23. The Hall–Kier alpha value is -1.99. The molecule has 0 unspecified atom stereocenters. The molecule has 0 spiro atoms. The van der Waals surface area contributed by atoms with Gasteiger partial charge in [0.2, 0.25) is 0 Å². The van der Waals surface area contributed by atoms with Crippen molar-refractivity contribution < 1.29 is 4.39 Å². The summed E-state index contributed by atoms with van der Waals surface area (Å²) in [5.74, 6) is -0.271. The summed E-state index contributed by atoms with van der Waals surface area (Å²) in [7, 11) is 0. The van der Waals surface area contributed by atoms with Crippen LogP contribution in [0.15, 0.2) is 52.3 Å². The lowest BCUT2D eigenvalue weighted by Crippen LogP contribution is -1.90. The van der Waals surface area contributed by atoms with E-state index in [0.29, 0.717) is 16.1 Å². The van der Waals surface area contributed by atoms with Crippen LogP contribution in [0.4, 0.5) is 10.1 Å². The van der Waals surface area contributed by atoms with Gasteiger partial charge in [-0.15, -0.1) is 0 Å². The Kier molecular flexibility index (Phi) is 3.31. The van der Waals surface area contributed by atoms with Crippen molar-refractivity contribution in [3.05, 3.63) is 53.8 Å². The van der Waals surface area contributed by atoms with Gasteiger partial charge in [-0.25, -0.2) is 4.39 Å². The SMILES string of the molecule is N#Cc1cc(Sc2ccccc2F)ccc1N. The topological polar surface area (TPSA) is 49.8 Å². The lowest BCUT2D eigenvalue weighted by molar-refractivity contribution is 0.602. The Bertz CT molecular complexity index is 590. The van der Waals surface area contributed by atoms with E-state index in [2.05, 4.69) is 0 Å². The molecule has 0 amide bonds. The molecule has 4 heteroatoms. The minimum atomic E-state index is -0.271. The Balaban J connectivity index is 2.32. The van der Waals surface area contributed by atoms with Gasteiger partial charge in [-0.1, -0.05) is 23.9 Å². The van der Waals surface area contributed by atoms with Gasteiger partial charge in [-0.2, -0.15) is 5.26 Å². The molecular formula is C13H9FN2S. The third-order valence-electron chi connectivity index (χ3n) is 2.21. The molecule has 84 valence electrons. The number of nitriles is 1. The quantitative estimate of drug-likeness (QED) is 0.823. The average Bonchev–Trinajstić information content (AvgIpc) is 2.34. The van der Waals surface area contributed by atoms with Gasteiger partial charge in [-0.05, 0) is 30.3 Å². The van der Waals surface area contributed by atoms with Crippen LogP contribution < -0.4 is 5.73 Å². The van der Waals surface area contributed by atoms with Crippen molar-refractivity contribution in [1.29, 1.82) is 5.26 Å². The van der Waals surface area contributed by atoms with Crippen molar-refractivity contribution in [2.45, 2.75) is 9.79 Å². The molecule has 2 rings (SSSR count). The minimum absolute atomic E-state index is 0.271. The second-order valence-electron chi connectivity index (χ2n) is 3.39. The van der Waals surface area contributed by atoms with Crippen LogP contribution in [-0.2, 0) is 0 Å². The largest absolute Gasteiger partial charge is 0.398 e. The Morgan fingerprint density at radius 1 is 1.18 bits per heavy atom. The molecule has 0 fully saturated rings. The summed E-state index contributed by atoms with van der Waals surface area (Å²) < 4.78 is 13.4. The summed E-state index contributed by atoms with van der Waals surface area (Å²) in [6, 6.07) is 13.6. The van der Waals surface area contributed by atoms with Crippen molar-refractivity contribution in [2.24, 2.45) is 0 Å². The second kappa shape index (κ2) is 4.89. The molecule has 0 saturated heterocycles. The van der Waals surface area contributed by atoms with Gasteiger partial charge in [0.1, 0.15) is 11.9 Å². The fraction of sp³-hybridized carbons (Fsp3) is 0. The highest BCUT2D eigenvalue weighted by Crippen LogP contribution is 2.31. The first-order valence-electron chi connectivity index (χ1n) is 4.92. The smallest absolute Gasteiger partial charge is 0.137 e. The van der Waals surface area contributed by atoms with E-state index >= 15 is 0 Å². The first kappa shape index (κ1) is 11.5. The maximum atomic E-state index is 13.4. The van der Waals surface area contributed by atoms with E-state index in [4.69, 9.17) is 11.0 Å². The van der Waals surface area contributed by atoms with Crippen LogP contribution in [0.25, 0.3) is 0 Å². The van der Waals surface area contributed by atoms with E-state index in [-0.39, 0.29) is 5.82 Å². The lowest BCUT2D eigenvalue weighted by atomic mass is 10.2. The standard InChI is InChI=1S/C13H9FN2S/c14-11-3-1-2-4-13(11)17-10-5-6-12(16)9(7-10)8-15/h1-7H,16H2. The highest BCUT2D eigenvalue weighted by Gasteiger charge is 2.05. The molecule has 2 nitrogen and oxygen atoms in total. The molecule has 0 atom stereocenters. The molecule has 0 aromatic heterocycles. The first-order valence-corrected chi connectivity index (χ1v) is 5.74. The summed E-state index contributed by atoms with van der Waals surface area (Å²) in [5, 5.41) is 8.85. The van der Waals surface area contributed by atoms with E-state index < -0.39 is 0 Å². The number of anilines is 1. The van der Waals surface area contributed by atoms with Crippen molar-refractivity contribution in [3.63, 3.8) is 0 Å². The third-order valence-corrected chi connectivity index (χ3v) is 3.25. The molecule has 0 aliphatic carbocycles. The number of hydrogen-bond acceptors (Lipinski definition) is 3. The third kappa shape index (κ3) is 2.58. The molecule has 2 aromatic carbocycles. The molecule has 0 bridgehead atoms. The van der Waals surface area contributed by atoms with Crippen molar-refractivity contribution >= 4 is 17.4 Å². The normalized spacial score (nSPS) is 9.88. The van der Waals surface area contributed by atoms with Crippen LogP contribution in [0, 0.1) is 17.1 Å². The maximum Gasteiger partial charge on any atom is 0.137 e. The molecule has 0 saturated carbocycles. The number of benzene rings is 2. The molecule has 0 aliphatic rings. The summed E-state index contributed by atoms with van der Waals surface area (Å²) in [6.07, 6.45) is 0. The monoisotopic (exact) mass is 244 g/mol. The lowest BCUT2D eigenvalue weighted by Gasteiger charge is -2.04. The van der Waals surface area contributed by atoms with E-state index in [1.165, 1.54) is 17.8 Å². The number of rotatable bonds is 2. The highest BCUT2D eigenvalue weighted by atomic mass is 32.2. The van der Waals surface area contributed by atoms with Crippen LogP contribution in [0.5, 0.6) is 0 Å². The van der Waals surface area contributed by atoms with Gasteiger partial charge < -0.3 is 5.73 Å². The number of hydrogen-bond donors (Lipinski definition) is 1. The van der Waals surface area contributed by atoms with Crippen LogP contribution >= 0.6 is 11.8 Å². The van der Waals surface area contributed by atoms with Gasteiger partial charge in [0.05, 0.1) is 5.56 Å². The average molecular weight is 244 g/mol. The number of nitrogens with two attached hydrogens (primary N) is 1. The van der Waals surface area contributed by atoms with E-state index in [9.17, 15) is 4.39 Å². The van der Waals surface area contributed by atoms with Gasteiger partial charge >= 0.3 is 0 Å². The fourth-order valence-electron chi connectivity index (χ4n) is 1.35. The first-order chi connectivity index (χ1) is 8.20. The zero-order valence-corrected chi connectivity index (χ0v) is 9.67. The summed E-state index contributed by atoms with van der Waals surface area (Å²) in [6.45, 7) is 0. The Morgan fingerprint density at radius 3 is 2.65 bits per heavy atom. The molecule has 0 radical (unpaired) electrons. The minimum Gasteiger partial charge on any atom is -0.398 e. The van der Waals surface area contributed by atoms with E-state index in [0.717, 1.165) is 4.90 Å². The maximum absolute atomic E-state index is 13.4. The molecule has 2 aromatic rings.